The predicted octanol–water partition coefficient (Wildman–Crippen LogP) is 12.4. The molecule has 0 fully saturated rings. The van der Waals surface area contributed by atoms with Crippen molar-refractivity contribution < 1.29 is 10.2 Å². The summed E-state index contributed by atoms with van der Waals surface area (Å²) in [7, 11) is 5.39. The van der Waals surface area contributed by atoms with Gasteiger partial charge in [0.25, 0.3) is 0 Å². The van der Waals surface area contributed by atoms with E-state index >= 15 is 0 Å². The van der Waals surface area contributed by atoms with Gasteiger partial charge in [-0.05, 0) is 77.8 Å². The topological polar surface area (TPSA) is 40.5 Å². The standard InChI is InChI=1S/2C14H22O.C12H12P2.2C2H6/c2*1-13(2,3)10-7-8-12(15)11(9-10)14(4,5)6;13-11-5-1-9(2-6-11)10-3-7-12(14)8-4-10;2*1-2/h2*7-9,15H,1-6H3;1-8H,13-14H2;2*1-2H3. The maximum Gasteiger partial charge on any atom is 0.119 e. The minimum absolute atomic E-state index is 0.00859. The van der Waals surface area contributed by atoms with Crippen LogP contribution in [0.2, 0.25) is 0 Å². The van der Waals surface area contributed by atoms with Gasteiger partial charge in [-0.25, -0.2) is 0 Å². The fourth-order valence-corrected chi connectivity index (χ4v) is 4.94. The third-order valence-corrected chi connectivity index (χ3v) is 8.27. The number of hydrogen-bond donors (Lipinski definition) is 2. The van der Waals surface area contributed by atoms with Gasteiger partial charge in [-0.3, -0.25) is 0 Å². The Kier molecular flexibility index (Phi) is 18.4. The van der Waals surface area contributed by atoms with Crippen LogP contribution in [0.4, 0.5) is 0 Å². The van der Waals surface area contributed by atoms with Crippen LogP contribution in [0.1, 0.15) is 133 Å². The van der Waals surface area contributed by atoms with Crippen LogP contribution in [0.5, 0.6) is 11.5 Å². The van der Waals surface area contributed by atoms with E-state index < -0.39 is 0 Å². The molecule has 0 bridgehead atoms. The molecule has 2 N–H and O–H groups in total. The van der Waals surface area contributed by atoms with E-state index in [2.05, 4.69) is 162 Å². The van der Waals surface area contributed by atoms with E-state index in [9.17, 15) is 10.2 Å². The molecule has 266 valence electrons. The van der Waals surface area contributed by atoms with Crippen molar-refractivity contribution in [3.63, 3.8) is 0 Å². The SMILES string of the molecule is CC.CC.CC(C)(C)c1ccc(O)c(C(C)(C)C)c1.CC(C)(C)c1ccc(O)c(C(C)(C)C)c1.Pc1ccc(-c2ccc(P)cc2)cc1. The second-order valence-electron chi connectivity index (χ2n) is 15.7. The molecule has 4 heteroatoms. The molecule has 0 spiro atoms. The molecule has 0 saturated carbocycles. The summed E-state index contributed by atoms with van der Waals surface area (Å²) in [5.74, 6) is 0.797. The Balaban J connectivity index is 0.000000655. The van der Waals surface area contributed by atoms with Gasteiger partial charge in [0.15, 0.2) is 0 Å². The van der Waals surface area contributed by atoms with Crippen LogP contribution in [0, 0.1) is 0 Å². The molecule has 48 heavy (non-hydrogen) atoms. The van der Waals surface area contributed by atoms with Crippen LogP contribution >= 0.6 is 18.5 Å². The van der Waals surface area contributed by atoms with Crippen LogP contribution in [0.25, 0.3) is 11.1 Å². The number of rotatable bonds is 1. The van der Waals surface area contributed by atoms with Crippen LogP contribution in [0.3, 0.4) is 0 Å². The third-order valence-electron chi connectivity index (χ3n) is 7.50. The van der Waals surface area contributed by atoms with Crippen LogP contribution in [-0.4, -0.2) is 10.2 Å². The molecule has 0 aromatic heterocycles. The molecule has 0 heterocycles. The lowest BCUT2D eigenvalue weighted by Crippen LogP contribution is -2.16. The first-order valence-corrected chi connectivity index (χ1v) is 18.5. The van der Waals surface area contributed by atoms with Gasteiger partial charge in [-0.2, -0.15) is 0 Å². The Morgan fingerprint density at radius 3 is 0.833 bits per heavy atom. The molecule has 0 saturated heterocycles. The Bertz CT molecular complexity index is 1370. The molecule has 0 aliphatic heterocycles. The van der Waals surface area contributed by atoms with Crippen molar-refractivity contribution in [2.75, 3.05) is 0 Å². The van der Waals surface area contributed by atoms with Gasteiger partial charge >= 0.3 is 0 Å². The zero-order valence-electron chi connectivity index (χ0n) is 33.1. The number of aromatic hydroxyl groups is 2. The zero-order valence-corrected chi connectivity index (χ0v) is 35.4. The zero-order chi connectivity index (χ0) is 37.7. The second-order valence-corrected chi connectivity index (χ2v) is 17.0. The highest BCUT2D eigenvalue weighted by Gasteiger charge is 2.23. The fraction of sp³-hybridized carbons (Fsp3) is 0.455. The average molecular weight is 691 g/mol. The van der Waals surface area contributed by atoms with Gasteiger partial charge in [0, 0.05) is 0 Å². The molecular weight excluding hydrogens is 622 g/mol. The van der Waals surface area contributed by atoms with Gasteiger partial charge in [0.05, 0.1) is 0 Å². The van der Waals surface area contributed by atoms with E-state index in [1.54, 1.807) is 12.1 Å². The van der Waals surface area contributed by atoms with Crippen molar-refractivity contribution in [2.24, 2.45) is 0 Å². The molecule has 4 aromatic carbocycles. The molecule has 2 nitrogen and oxygen atoms in total. The number of benzene rings is 4. The number of phenolic OH excluding ortho intramolecular Hbond substituents is 2. The van der Waals surface area contributed by atoms with Crippen LogP contribution in [0.15, 0.2) is 84.9 Å². The van der Waals surface area contributed by atoms with Crippen molar-refractivity contribution in [2.45, 2.75) is 132 Å². The second kappa shape index (κ2) is 19.5. The minimum Gasteiger partial charge on any atom is -0.508 e. The highest BCUT2D eigenvalue weighted by atomic mass is 31.0. The summed E-state index contributed by atoms with van der Waals surface area (Å²) < 4.78 is 0. The summed E-state index contributed by atoms with van der Waals surface area (Å²) in [4.78, 5) is 0. The molecule has 2 atom stereocenters. The van der Waals surface area contributed by atoms with Crippen LogP contribution in [-0.2, 0) is 21.7 Å². The molecule has 0 radical (unpaired) electrons. The smallest absolute Gasteiger partial charge is 0.119 e. The van der Waals surface area contributed by atoms with E-state index in [0.29, 0.717) is 11.5 Å². The molecule has 0 amide bonds. The highest BCUT2D eigenvalue weighted by molar-refractivity contribution is 7.27. The Morgan fingerprint density at radius 2 is 0.625 bits per heavy atom. The van der Waals surface area contributed by atoms with Crippen molar-refractivity contribution in [3.8, 4) is 22.6 Å². The molecule has 0 aliphatic rings. The van der Waals surface area contributed by atoms with Crippen molar-refractivity contribution >= 4 is 29.1 Å². The number of hydrogen-bond acceptors (Lipinski definition) is 2. The molecular formula is C44H68O2P2. The summed E-state index contributed by atoms with van der Waals surface area (Å²) >= 11 is 0. The number of phenols is 2. The molecule has 0 aliphatic carbocycles. The molecule has 4 aromatic rings. The van der Waals surface area contributed by atoms with Gasteiger partial charge < -0.3 is 10.2 Å². The van der Waals surface area contributed by atoms with Crippen molar-refractivity contribution in [1.29, 1.82) is 0 Å². The van der Waals surface area contributed by atoms with Gasteiger partial charge in [0.1, 0.15) is 11.5 Å². The molecule has 2 unspecified atom stereocenters. The maximum absolute atomic E-state index is 9.84. The summed E-state index contributed by atoms with van der Waals surface area (Å²) in [6.07, 6.45) is 0. The predicted molar refractivity (Wildman–Crippen MR) is 224 cm³/mol. The first kappa shape index (κ1) is 45.3. The van der Waals surface area contributed by atoms with E-state index in [1.165, 1.54) is 32.9 Å². The van der Waals surface area contributed by atoms with E-state index in [1.807, 2.05) is 39.8 Å². The van der Waals surface area contributed by atoms with Gasteiger partial charge in [-0.1, -0.05) is 184 Å². The average Bonchev–Trinajstić information content (AvgIpc) is 2.99. The van der Waals surface area contributed by atoms with E-state index in [-0.39, 0.29) is 21.7 Å². The normalized spacial score (nSPS) is 11.3. The van der Waals surface area contributed by atoms with Gasteiger partial charge in [0.2, 0.25) is 0 Å². The first-order chi connectivity index (χ1) is 22.0. The summed E-state index contributed by atoms with van der Waals surface area (Å²) in [5.41, 5.74) is 7.36. The summed E-state index contributed by atoms with van der Waals surface area (Å²) in [6.45, 7) is 33.8. The molecule has 4 rings (SSSR count). The lowest BCUT2D eigenvalue weighted by atomic mass is 9.80. The van der Waals surface area contributed by atoms with Gasteiger partial charge in [-0.15, -0.1) is 18.5 Å². The highest BCUT2D eigenvalue weighted by Crippen LogP contribution is 2.35. The Labute approximate surface area is 300 Å². The van der Waals surface area contributed by atoms with E-state index in [0.717, 1.165) is 11.1 Å². The Hall–Kier alpha value is -2.66. The minimum atomic E-state index is -0.00859. The lowest BCUT2D eigenvalue weighted by molar-refractivity contribution is 0.444. The Morgan fingerprint density at radius 1 is 0.375 bits per heavy atom. The first-order valence-electron chi connectivity index (χ1n) is 17.4. The maximum atomic E-state index is 9.84. The summed E-state index contributed by atoms with van der Waals surface area (Å²) in [6, 6.07) is 28.8. The van der Waals surface area contributed by atoms with E-state index in [4.69, 9.17) is 0 Å². The van der Waals surface area contributed by atoms with Crippen molar-refractivity contribution in [1.82, 2.24) is 0 Å². The quantitative estimate of drug-likeness (QED) is 0.195. The monoisotopic (exact) mass is 690 g/mol. The van der Waals surface area contributed by atoms with Crippen LogP contribution < -0.4 is 10.6 Å². The lowest BCUT2D eigenvalue weighted by Gasteiger charge is -2.25. The summed E-state index contributed by atoms with van der Waals surface area (Å²) in [5, 5.41) is 22.1. The largest absolute Gasteiger partial charge is 0.508 e. The fourth-order valence-electron chi connectivity index (χ4n) is 4.56. The third kappa shape index (κ3) is 15.3. The van der Waals surface area contributed by atoms with Crippen molar-refractivity contribution in [3.05, 3.63) is 107 Å².